The van der Waals surface area contributed by atoms with Crippen LogP contribution in [0.3, 0.4) is 0 Å². The van der Waals surface area contributed by atoms with E-state index in [9.17, 15) is 29.4 Å². The number of para-hydroxylation sites is 1. The second-order valence-electron chi connectivity index (χ2n) is 11.9. The van der Waals surface area contributed by atoms with Gasteiger partial charge in [-0.15, -0.1) is 0 Å². The van der Waals surface area contributed by atoms with E-state index < -0.39 is 64.4 Å². The van der Waals surface area contributed by atoms with E-state index in [4.69, 9.17) is 9.47 Å². The summed E-state index contributed by atoms with van der Waals surface area (Å²) in [7, 11) is 1.68. The maximum atomic E-state index is 13.6. The van der Waals surface area contributed by atoms with Crippen molar-refractivity contribution in [1.82, 2.24) is 0 Å². The van der Waals surface area contributed by atoms with Gasteiger partial charge in [0.05, 0.1) is 11.2 Å². The Morgan fingerprint density at radius 3 is 2.51 bits per heavy atom. The van der Waals surface area contributed by atoms with Crippen LogP contribution < -0.4 is 5.32 Å². The fourth-order valence-corrected chi connectivity index (χ4v) is 8.10. The number of carbonyl (C=O) groups excluding carboxylic acids is 3. The van der Waals surface area contributed by atoms with E-state index in [0.29, 0.717) is 17.7 Å². The monoisotopic (exact) mass is 537 g/mol. The number of ether oxygens (including phenoxy) is 2. The maximum absolute atomic E-state index is 13.6. The number of anilines is 1. The Hall–Kier alpha value is -3.46. The molecule has 4 aliphatic rings. The lowest BCUT2D eigenvalue weighted by Gasteiger charge is -2.51. The Bertz CT molecular complexity index is 1310. The lowest BCUT2D eigenvalue weighted by Crippen LogP contribution is -2.63. The number of hydrogen-bond acceptors (Lipinski definition) is 8. The minimum absolute atomic E-state index is 0.0803. The molecule has 0 bridgehead atoms. The number of nitrogens with one attached hydrogen (secondary N) is 1. The summed E-state index contributed by atoms with van der Waals surface area (Å²) in [5.74, 6) is -3.95. The number of esters is 1. The number of aliphatic hydroxyl groups is 1. The van der Waals surface area contributed by atoms with Gasteiger partial charge in [-0.3, -0.25) is 4.79 Å². The number of Topliss-reactive ketones (excluding diaryl/α,β-unsaturated/α-hetero) is 1. The van der Waals surface area contributed by atoms with Crippen LogP contribution in [0.5, 0.6) is 0 Å². The minimum atomic E-state index is -1.57. The van der Waals surface area contributed by atoms with Crippen molar-refractivity contribution >= 4 is 29.9 Å². The van der Waals surface area contributed by atoms with Crippen LogP contribution >= 0.6 is 0 Å². The molecule has 0 amide bonds. The van der Waals surface area contributed by atoms with Crippen molar-refractivity contribution in [2.45, 2.75) is 57.8 Å². The molecule has 208 valence electrons. The zero-order valence-electron chi connectivity index (χ0n) is 22.8. The number of aldehydes is 1. The molecule has 0 saturated heterocycles. The Balaban J connectivity index is 1.68. The lowest BCUT2D eigenvalue weighted by molar-refractivity contribution is -0.195. The van der Waals surface area contributed by atoms with Gasteiger partial charge in [-0.25, -0.2) is 9.59 Å². The topological polar surface area (TPSA) is 139 Å². The molecule has 8 atom stereocenters. The average Bonchev–Trinajstić information content (AvgIpc) is 3.28. The molecule has 1 aromatic carbocycles. The number of ketones is 1. The van der Waals surface area contributed by atoms with Crippen LogP contribution in [0.15, 0.2) is 47.6 Å². The maximum Gasteiger partial charge on any atom is 0.506 e. The minimum Gasteiger partial charge on any atom is -0.454 e. The van der Waals surface area contributed by atoms with Crippen molar-refractivity contribution in [1.29, 1.82) is 0 Å². The van der Waals surface area contributed by atoms with Gasteiger partial charge in [0.1, 0.15) is 12.4 Å². The van der Waals surface area contributed by atoms with Gasteiger partial charge in [-0.05, 0) is 31.1 Å². The van der Waals surface area contributed by atoms with Crippen molar-refractivity contribution in [3.05, 3.63) is 53.1 Å². The van der Waals surface area contributed by atoms with E-state index in [1.807, 2.05) is 19.9 Å². The van der Waals surface area contributed by atoms with Gasteiger partial charge in [0.2, 0.25) is 0 Å². The highest BCUT2D eigenvalue weighted by Crippen LogP contribution is 2.77. The van der Waals surface area contributed by atoms with Gasteiger partial charge in [0.25, 0.3) is 0 Å². The molecule has 39 heavy (non-hydrogen) atoms. The summed E-state index contributed by atoms with van der Waals surface area (Å²) < 4.78 is 11.8. The highest BCUT2D eigenvalue weighted by molar-refractivity contribution is 6.00. The molecule has 9 heteroatoms. The fourth-order valence-electron chi connectivity index (χ4n) is 8.10. The number of carbonyl (C=O) groups is 4. The Kier molecular flexibility index (Phi) is 6.29. The number of hydrogen-bond donors (Lipinski definition) is 3. The molecule has 0 unspecified atom stereocenters. The van der Waals surface area contributed by atoms with Crippen LogP contribution in [0.2, 0.25) is 0 Å². The van der Waals surface area contributed by atoms with Crippen LogP contribution in [-0.4, -0.2) is 58.8 Å². The summed E-state index contributed by atoms with van der Waals surface area (Å²) in [6.07, 6.45) is 2.21. The van der Waals surface area contributed by atoms with Gasteiger partial charge >= 0.3 is 12.1 Å². The summed E-state index contributed by atoms with van der Waals surface area (Å²) >= 11 is 0. The number of fused-ring (bicyclic) bond motifs is 5. The molecule has 4 aliphatic carbocycles. The predicted molar refractivity (Wildman–Crippen MR) is 141 cm³/mol. The van der Waals surface area contributed by atoms with Gasteiger partial charge < -0.3 is 29.8 Å². The third-order valence-electron chi connectivity index (χ3n) is 9.93. The molecule has 0 aromatic heterocycles. The summed E-state index contributed by atoms with van der Waals surface area (Å²) in [4.78, 5) is 50.4. The first kappa shape index (κ1) is 27.1. The molecule has 0 radical (unpaired) electrons. The number of carboxylic acid groups (broad SMARTS) is 1. The fraction of sp³-hybridized carbons (Fsp3) is 0.533. The molecule has 9 nitrogen and oxygen atoms in total. The molecular weight excluding hydrogens is 502 g/mol. The number of rotatable bonds is 6. The third-order valence-corrected chi connectivity index (χ3v) is 9.93. The summed E-state index contributed by atoms with van der Waals surface area (Å²) in [6.45, 7) is 7.14. The quantitative estimate of drug-likeness (QED) is 0.279. The summed E-state index contributed by atoms with van der Waals surface area (Å²) in [6, 6.07) is 6.81. The van der Waals surface area contributed by atoms with Crippen LogP contribution in [0, 0.1) is 35.0 Å². The normalized spacial score (nSPS) is 37.6. The lowest BCUT2D eigenvalue weighted by atomic mass is 9.60. The molecule has 1 aromatic rings. The Labute approximate surface area is 227 Å². The van der Waals surface area contributed by atoms with Gasteiger partial charge in [-0.2, -0.15) is 0 Å². The highest BCUT2D eigenvalue weighted by Gasteiger charge is 2.87. The number of allylic oxidation sites excluding steroid dienone is 2. The smallest absolute Gasteiger partial charge is 0.454 e. The molecule has 3 N–H and O–H groups in total. The van der Waals surface area contributed by atoms with Crippen LogP contribution in [0.1, 0.15) is 50.9 Å². The molecule has 5 rings (SSSR count). The predicted octanol–water partition coefficient (Wildman–Crippen LogP) is 4.02. The van der Waals surface area contributed by atoms with Gasteiger partial charge in [0, 0.05) is 54.2 Å². The first-order chi connectivity index (χ1) is 18.4. The molecule has 0 spiro atoms. The highest BCUT2D eigenvalue weighted by atomic mass is 16.7. The summed E-state index contributed by atoms with van der Waals surface area (Å²) in [5.41, 5.74) is -1.76. The molecular formula is C30H35NO8. The van der Waals surface area contributed by atoms with Gasteiger partial charge in [0.15, 0.2) is 11.4 Å². The van der Waals surface area contributed by atoms with Crippen molar-refractivity contribution in [2.24, 2.45) is 35.0 Å². The zero-order chi connectivity index (χ0) is 28.5. The van der Waals surface area contributed by atoms with Crippen molar-refractivity contribution < 1.29 is 38.9 Å². The Morgan fingerprint density at radius 1 is 1.18 bits per heavy atom. The average molecular weight is 538 g/mol. The third kappa shape index (κ3) is 3.62. The van der Waals surface area contributed by atoms with Gasteiger partial charge in [-0.1, -0.05) is 50.6 Å². The van der Waals surface area contributed by atoms with E-state index in [1.165, 1.54) is 0 Å². The summed E-state index contributed by atoms with van der Waals surface area (Å²) in [5, 5.41) is 25.5. The zero-order valence-corrected chi connectivity index (χ0v) is 22.8. The standard InChI is InChI=1S/C30H35NO8/c1-15-12-20-19(23(15)33)13-17(10-11-32)14-21-24-28(3,4)30(24,39-27(35)36)25(16(2)29(20,21)37)38-26(34)18-8-6-7-9-22(18)31-5/h6-9,11-12,14,16,19-21,24-25,31,37H,10,13H2,1-5H3,(H,35,36)/t16-,19+,20-,21+,24-,25-,29+,30-/m1/s1. The van der Waals surface area contributed by atoms with E-state index in [1.54, 1.807) is 51.2 Å². The van der Waals surface area contributed by atoms with Crippen LogP contribution in [-0.2, 0) is 19.1 Å². The molecule has 2 fully saturated rings. The Morgan fingerprint density at radius 2 is 1.87 bits per heavy atom. The van der Waals surface area contributed by atoms with Crippen LogP contribution in [0.4, 0.5) is 10.5 Å². The second-order valence-corrected chi connectivity index (χ2v) is 11.9. The molecule has 0 aliphatic heterocycles. The largest absolute Gasteiger partial charge is 0.506 e. The SMILES string of the molecule is CNc1ccccc1C(=O)O[C@@H]1[C@@H](C)[C@]2(O)[C@@H]3C=C(C)C(=O)[C@H]3CC(CC=O)=C[C@H]2[C@@H]2C(C)(C)[C@]12OC(=O)O. The van der Waals surface area contributed by atoms with E-state index >= 15 is 0 Å². The first-order valence-electron chi connectivity index (χ1n) is 13.3. The molecule has 0 heterocycles. The van der Waals surface area contributed by atoms with Crippen molar-refractivity contribution in [3.8, 4) is 0 Å². The second kappa shape index (κ2) is 9.05. The van der Waals surface area contributed by atoms with E-state index in [2.05, 4.69) is 5.32 Å². The van der Waals surface area contributed by atoms with E-state index in [-0.39, 0.29) is 17.8 Å². The van der Waals surface area contributed by atoms with E-state index in [0.717, 1.165) is 11.9 Å². The van der Waals surface area contributed by atoms with Crippen molar-refractivity contribution in [2.75, 3.05) is 12.4 Å². The first-order valence-corrected chi connectivity index (χ1v) is 13.3. The number of benzene rings is 1. The van der Waals surface area contributed by atoms with Crippen LogP contribution in [0.25, 0.3) is 0 Å². The molecule has 2 saturated carbocycles. The van der Waals surface area contributed by atoms with Crippen molar-refractivity contribution in [3.63, 3.8) is 0 Å².